The van der Waals surface area contributed by atoms with Crippen LogP contribution in [-0.2, 0) is 0 Å². The minimum Gasteiger partial charge on any atom is -0.102 e. The van der Waals surface area contributed by atoms with Gasteiger partial charge in [-0.25, -0.2) is 0 Å². The fraction of sp³-hybridized carbons (Fsp3) is 1.00. The van der Waals surface area contributed by atoms with Crippen molar-refractivity contribution in [2.45, 2.75) is 24.2 Å². The van der Waals surface area contributed by atoms with E-state index >= 15 is 0 Å². The Bertz CT molecular complexity index is 70.8. The van der Waals surface area contributed by atoms with Crippen molar-refractivity contribution in [3.63, 3.8) is 0 Å². The van der Waals surface area contributed by atoms with Crippen LogP contribution in [0.2, 0.25) is 6.04 Å². The number of alkyl halides is 2. The number of rotatable bonds is 2. The summed E-state index contributed by atoms with van der Waals surface area (Å²) >= 11 is 11.5. The molecule has 47 valence electrons. The van der Waals surface area contributed by atoms with Gasteiger partial charge < -0.3 is 0 Å². The van der Waals surface area contributed by atoms with Gasteiger partial charge in [0.25, 0.3) is 0 Å². The molecule has 0 bridgehead atoms. The van der Waals surface area contributed by atoms with E-state index in [9.17, 15) is 0 Å². The monoisotopic (exact) mass is 167 g/mol. The predicted octanol–water partition coefficient (Wildman–Crippen LogP) is 2.40. The standard InChI is InChI=1S/C5H9Cl2Si/c1-4(2)5(6,7)3-8/h4H,3H2,1-2H3. The SMILES string of the molecule is CC(C)C(Cl)(Cl)C[Si]. The summed E-state index contributed by atoms with van der Waals surface area (Å²) in [6, 6.07) is 0.619. The van der Waals surface area contributed by atoms with E-state index in [2.05, 4.69) is 10.2 Å². The van der Waals surface area contributed by atoms with Crippen LogP contribution in [0, 0.1) is 5.92 Å². The highest BCUT2D eigenvalue weighted by Crippen LogP contribution is 2.32. The third-order valence-corrected chi connectivity index (χ3v) is 3.23. The van der Waals surface area contributed by atoms with Crippen molar-refractivity contribution in [3.8, 4) is 0 Å². The van der Waals surface area contributed by atoms with Gasteiger partial charge in [-0.1, -0.05) is 13.8 Å². The lowest BCUT2D eigenvalue weighted by Gasteiger charge is -2.20. The zero-order chi connectivity index (χ0) is 6.78. The van der Waals surface area contributed by atoms with Crippen molar-refractivity contribution in [3.05, 3.63) is 0 Å². The molecule has 8 heavy (non-hydrogen) atoms. The van der Waals surface area contributed by atoms with Gasteiger partial charge in [0.15, 0.2) is 0 Å². The van der Waals surface area contributed by atoms with Gasteiger partial charge in [0, 0.05) is 10.2 Å². The van der Waals surface area contributed by atoms with Crippen molar-refractivity contribution in [1.29, 1.82) is 0 Å². The number of halogens is 2. The Morgan fingerprint density at radius 2 is 1.88 bits per heavy atom. The van der Waals surface area contributed by atoms with E-state index in [0.717, 1.165) is 0 Å². The second-order valence-corrected chi connectivity index (χ2v) is 3.99. The van der Waals surface area contributed by atoms with Gasteiger partial charge in [0.1, 0.15) is 4.33 Å². The first kappa shape index (κ1) is 8.80. The molecule has 0 aromatic rings. The third kappa shape index (κ3) is 2.38. The zero-order valence-corrected chi connectivity index (χ0v) is 7.55. The lowest BCUT2D eigenvalue weighted by atomic mass is 10.1. The largest absolute Gasteiger partial charge is 0.117 e. The Labute approximate surface area is 64.0 Å². The Balaban J connectivity index is 3.71. The maximum Gasteiger partial charge on any atom is 0.117 e. The first-order chi connectivity index (χ1) is 3.50. The molecule has 0 saturated heterocycles. The van der Waals surface area contributed by atoms with E-state index in [0.29, 0.717) is 12.0 Å². The molecule has 0 aromatic heterocycles. The maximum absolute atomic E-state index is 5.77. The van der Waals surface area contributed by atoms with E-state index in [4.69, 9.17) is 23.2 Å². The average molecular weight is 168 g/mol. The number of hydrogen-bond acceptors (Lipinski definition) is 0. The molecular weight excluding hydrogens is 159 g/mol. The highest BCUT2D eigenvalue weighted by atomic mass is 35.5. The van der Waals surface area contributed by atoms with Gasteiger partial charge in [0.05, 0.1) is 0 Å². The highest BCUT2D eigenvalue weighted by Gasteiger charge is 2.24. The molecule has 0 nitrogen and oxygen atoms in total. The molecule has 0 amide bonds. The van der Waals surface area contributed by atoms with Crippen LogP contribution in [0.1, 0.15) is 13.8 Å². The summed E-state index contributed by atoms with van der Waals surface area (Å²) in [6.07, 6.45) is 0. The lowest BCUT2D eigenvalue weighted by Crippen LogP contribution is -2.19. The summed E-state index contributed by atoms with van der Waals surface area (Å²) in [6.45, 7) is 3.97. The van der Waals surface area contributed by atoms with Crippen molar-refractivity contribution in [2.24, 2.45) is 5.92 Å². The molecule has 3 heteroatoms. The van der Waals surface area contributed by atoms with Crippen LogP contribution in [0.5, 0.6) is 0 Å². The van der Waals surface area contributed by atoms with Crippen molar-refractivity contribution in [2.75, 3.05) is 0 Å². The summed E-state index contributed by atoms with van der Waals surface area (Å²) in [5.74, 6) is 0.295. The quantitative estimate of drug-likeness (QED) is 0.438. The summed E-state index contributed by atoms with van der Waals surface area (Å²) in [5, 5.41) is 0. The van der Waals surface area contributed by atoms with Gasteiger partial charge in [-0.15, -0.1) is 23.2 Å². The van der Waals surface area contributed by atoms with Crippen molar-refractivity contribution in [1.82, 2.24) is 0 Å². The summed E-state index contributed by atoms with van der Waals surface area (Å²) in [5.41, 5.74) is 0. The van der Waals surface area contributed by atoms with Crippen LogP contribution in [0.4, 0.5) is 0 Å². The molecule has 0 N–H and O–H groups in total. The molecule has 0 fully saturated rings. The fourth-order valence-electron chi connectivity index (χ4n) is 0.204. The van der Waals surface area contributed by atoms with Crippen molar-refractivity contribution < 1.29 is 0 Å². The average Bonchev–Trinajstić information content (AvgIpc) is 1.67. The maximum atomic E-state index is 5.77. The predicted molar refractivity (Wildman–Crippen MR) is 39.8 cm³/mol. The van der Waals surface area contributed by atoms with Crippen LogP contribution in [-0.4, -0.2) is 14.6 Å². The molecule has 0 atom stereocenters. The highest BCUT2D eigenvalue weighted by molar-refractivity contribution is 6.50. The van der Waals surface area contributed by atoms with E-state index in [1.165, 1.54) is 0 Å². The zero-order valence-electron chi connectivity index (χ0n) is 5.04. The molecule has 0 aromatic carbocycles. The van der Waals surface area contributed by atoms with E-state index in [1.54, 1.807) is 0 Å². The first-order valence-electron chi connectivity index (χ1n) is 2.53. The van der Waals surface area contributed by atoms with E-state index < -0.39 is 4.33 Å². The normalized spacial score (nSPS) is 12.8. The Morgan fingerprint density at radius 1 is 1.50 bits per heavy atom. The fourth-order valence-corrected chi connectivity index (χ4v) is 0.612. The minimum atomic E-state index is -0.600. The Kier molecular flexibility index (Phi) is 3.40. The molecule has 0 saturated carbocycles. The topological polar surface area (TPSA) is 0 Å². The van der Waals surface area contributed by atoms with Crippen molar-refractivity contribution >= 4 is 33.4 Å². The molecule has 0 heterocycles. The molecule has 0 unspecified atom stereocenters. The molecule has 0 aliphatic heterocycles. The van der Waals surface area contributed by atoms with Gasteiger partial charge >= 0.3 is 0 Å². The third-order valence-electron chi connectivity index (χ3n) is 1.08. The first-order valence-corrected chi connectivity index (χ1v) is 3.99. The summed E-state index contributed by atoms with van der Waals surface area (Å²) in [7, 11) is 3.25. The summed E-state index contributed by atoms with van der Waals surface area (Å²) in [4.78, 5) is 0. The molecule has 0 spiro atoms. The molecule has 0 aliphatic carbocycles. The Hall–Kier alpha value is 0.797. The Morgan fingerprint density at radius 3 is 1.88 bits per heavy atom. The smallest absolute Gasteiger partial charge is 0.102 e. The van der Waals surface area contributed by atoms with E-state index in [1.807, 2.05) is 13.8 Å². The van der Waals surface area contributed by atoms with Gasteiger partial charge in [-0.05, 0) is 12.0 Å². The van der Waals surface area contributed by atoms with Gasteiger partial charge in [-0.2, -0.15) is 0 Å². The van der Waals surface area contributed by atoms with E-state index in [-0.39, 0.29) is 0 Å². The lowest BCUT2D eigenvalue weighted by molar-refractivity contribution is 0.587. The van der Waals surface area contributed by atoms with Crippen LogP contribution in [0.3, 0.4) is 0 Å². The van der Waals surface area contributed by atoms with Gasteiger partial charge in [-0.3, -0.25) is 0 Å². The van der Waals surface area contributed by atoms with Gasteiger partial charge in [0.2, 0.25) is 0 Å². The summed E-state index contributed by atoms with van der Waals surface area (Å²) < 4.78 is -0.600. The van der Waals surface area contributed by atoms with Crippen LogP contribution < -0.4 is 0 Å². The molecule has 0 aliphatic rings. The molecule has 3 radical (unpaired) electrons. The second-order valence-electron chi connectivity index (χ2n) is 2.09. The minimum absolute atomic E-state index is 0.295. The molecular formula is C5H9Cl2Si. The van der Waals surface area contributed by atoms with Crippen LogP contribution >= 0.6 is 23.2 Å². The number of hydrogen-bond donors (Lipinski definition) is 0. The second kappa shape index (κ2) is 3.09. The van der Waals surface area contributed by atoms with Crippen LogP contribution in [0.15, 0.2) is 0 Å². The van der Waals surface area contributed by atoms with Crippen LogP contribution in [0.25, 0.3) is 0 Å². The molecule has 0 rings (SSSR count).